The number of hydrogen-bond acceptors (Lipinski definition) is 5. The maximum absolute atomic E-state index is 14.8. The van der Waals surface area contributed by atoms with E-state index in [9.17, 15) is 19.5 Å². The fraction of sp³-hybridized carbons (Fsp3) is 0.781. The minimum atomic E-state index is -1.09. The summed E-state index contributed by atoms with van der Waals surface area (Å²) in [5, 5.41) is 10.6. The van der Waals surface area contributed by atoms with Crippen LogP contribution < -0.4 is 0 Å². The summed E-state index contributed by atoms with van der Waals surface area (Å²) in [6, 6.07) is -1.33. The molecule has 3 amide bonds. The molecule has 0 aromatic rings. The summed E-state index contributed by atoms with van der Waals surface area (Å²) in [5.41, 5.74) is -1.92. The van der Waals surface area contributed by atoms with E-state index in [4.69, 9.17) is 4.74 Å². The lowest BCUT2D eigenvalue weighted by molar-refractivity contribution is -0.159. The lowest BCUT2D eigenvalue weighted by Crippen LogP contribution is -2.61. The Bertz CT molecular complexity index is 980. The highest BCUT2D eigenvalue weighted by molar-refractivity contribution is 5.99. The van der Waals surface area contributed by atoms with Crippen molar-refractivity contribution in [3.8, 4) is 0 Å². The van der Waals surface area contributed by atoms with Gasteiger partial charge in [0.05, 0.1) is 30.1 Å². The van der Waals surface area contributed by atoms with Gasteiger partial charge in [-0.3, -0.25) is 14.4 Å². The molecule has 1 N–H and O–H groups in total. The van der Waals surface area contributed by atoms with E-state index in [-0.39, 0.29) is 36.3 Å². The maximum atomic E-state index is 14.8. The van der Waals surface area contributed by atoms with Gasteiger partial charge in [0.2, 0.25) is 17.7 Å². The zero-order chi connectivity index (χ0) is 29.2. The normalized spacial score (nSPS) is 33.0. The summed E-state index contributed by atoms with van der Waals surface area (Å²) in [7, 11) is 0. The lowest BCUT2D eigenvalue weighted by Gasteiger charge is -2.43. The second kappa shape index (κ2) is 12.4. The van der Waals surface area contributed by atoms with Crippen molar-refractivity contribution in [3.63, 3.8) is 0 Å². The van der Waals surface area contributed by atoms with Gasteiger partial charge in [0.1, 0.15) is 11.6 Å². The first-order valence-electron chi connectivity index (χ1n) is 15.6. The molecule has 8 nitrogen and oxygen atoms in total. The SMILES string of the molecule is C=CCN(CCC)C(=O)[C@@H]1[C@H]2C(=O)N([C@@H](CO)[C@@H](C)CC)C(C(=O)N(CC=C)C3CCCCC3)C23CC[C@@]1(C)O3. The summed E-state index contributed by atoms with van der Waals surface area (Å²) < 4.78 is 6.88. The number of aliphatic hydroxyl groups is 1. The Hall–Kier alpha value is -2.19. The monoisotopic (exact) mass is 557 g/mol. The molecule has 0 aromatic heterocycles. The molecule has 3 aliphatic heterocycles. The van der Waals surface area contributed by atoms with Crippen LogP contribution in [-0.4, -0.2) is 93.1 Å². The van der Waals surface area contributed by atoms with Crippen molar-refractivity contribution >= 4 is 17.7 Å². The van der Waals surface area contributed by atoms with Crippen LogP contribution in [0.5, 0.6) is 0 Å². The van der Waals surface area contributed by atoms with Crippen LogP contribution in [0.15, 0.2) is 25.3 Å². The third kappa shape index (κ3) is 4.93. The average Bonchev–Trinajstić information content (AvgIpc) is 3.52. The highest BCUT2D eigenvalue weighted by Crippen LogP contribution is 2.64. The Morgan fingerprint density at radius 1 is 1.12 bits per heavy atom. The summed E-state index contributed by atoms with van der Waals surface area (Å²) in [4.78, 5) is 48.9. The van der Waals surface area contributed by atoms with E-state index < -0.39 is 35.1 Å². The van der Waals surface area contributed by atoms with Crippen molar-refractivity contribution in [2.45, 2.75) is 115 Å². The summed E-state index contributed by atoms with van der Waals surface area (Å²) in [5.74, 6) is -1.92. The van der Waals surface area contributed by atoms with Gasteiger partial charge in [-0.25, -0.2) is 0 Å². The molecule has 1 saturated carbocycles. The highest BCUT2D eigenvalue weighted by atomic mass is 16.5. The number of carbonyl (C=O) groups excluding carboxylic acids is 3. The maximum Gasteiger partial charge on any atom is 0.248 e. The minimum absolute atomic E-state index is 0.0266. The molecule has 2 bridgehead atoms. The number of amides is 3. The molecule has 224 valence electrons. The van der Waals surface area contributed by atoms with Crippen LogP contribution in [0.25, 0.3) is 0 Å². The quantitative estimate of drug-likeness (QED) is 0.347. The number of aliphatic hydroxyl groups excluding tert-OH is 1. The first-order valence-corrected chi connectivity index (χ1v) is 15.6. The van der Waals surface area contributed by atoms with Gasteiger partial charge in [-0.2, -0.15) is 0 Å². The van der Waals surface area contributed by atoms with Crippen molar-refractivity contribution in [3.05, 3.63) is 25.3 Å². The first kappa shape index (κ1) is 30.8. The average molecular weight is 558 g/mol. The fourth-order valence-electron chi connectivity index (χ4n) is 8.21. The van der Waals surface area contributed by atoms with E-state index in [1.807, 2.05) is 32.6 Å². The Labute approximate surface area is 240 Å². The zero-order valence-electron chi connectivity index (χ0n) is 25.1. The molecule has 4 aliphatic rings. The van der Waals surface area contributed by atoms with Crippen molar-refractivity contribution in [1.82, 2.24) is 14.7 Å². The molecule has 0 aromatic carbocycles. The van der Waals surface area contributed by atoms with Gasteiger partial charge in [-0.1, -0.05) is 58.6 Å². The predicted octanol–water partition coefficient (Wildman–Crippen LogP) is 3.93. The molecule has 1 aliphatic carbocycles. The predicted molar refractivity (Wildman–Crippen MR) is 155 cm³/mol. The number of nitrogens with zero attached hydrogens (tertiary/aromatic N) is 3. The third-order valence-electron chi connectivity index (χ3n) is 10.3. The third-order valence-corrected chi connectivity index (χ3v) is 10.3. The van der Waals surface area contributed by atoms with Gasteiger partial charge in [0.25, 0.3) is 0 Å². The summed E-state index contributed by atoms with van der Waals surface area (Å²) in [6.07, 6.45) is 11.3. The van der Waals surface area contributed by atoms with Gasteiger partial charge in [0, 0.05) is 25.7 Å². The van der Waals surface area contributed by atoms with Gasteiger partial charge >= 0.3 is 0 Å². The first-order chi connectivity index (χ1) is 19.1. The molecule has 4 fully saturated rings. The molecule has 0 radical (unpaired) electrons. The van der Waals surface area contributed by atoms with E-state index in [1.54, 1.807) is 22.0 Å². The molecule has 40 heavy (non-hydrogen) atoms. The molecule has 8 heteroatoms. The molecular formula is C32H51N3O5. The van der Waals surface area contributed by atoms with Crippen LogP contribution in [-0.2, 0) is 19.1 Å². The Morgan fingerprint density at radius 3 is 2.38 bits per heavy atom. The van der Waals surface area contributed by atoms with E-state index >= 15 is 0 Å². The lowest BCUT2D eigenvalue weighted by atomic mass is 9.66. The van der Waals surface area contributed by atoms with E-state index in [0.717, 1.165) is 44.9 Å². The molecule has 1 spiro atoms. The number of fused-ring (bicyclic) bond motifs is 1. The van der Waals surface area contributed by atoms with Crippen molar-refractivity contribution in [2.75, 3.05) is 26.2 Å². The standard InChI is InChI=1S/C32H51N3O5/c1-7-18-33(19-8-2)28(37)25-26-29(38)35(24(21-36)22(5)10-4)27(32(26)17-16-31(25,6)40-32)30(39)34(20-9-3)23-14-12-11-13-15-23/h7,9,22-27,36H,1,3,8,10-21H2,2,4-6H3/t22-,24-,25-,26-,27?,31+,32?/m0/s1. The van der Waals surface area contributed by atoms with Crippen molar-refractivity contribution in [2.24, 2.45) is 17.8 Å². The smallest absolute Gasteiger partial charge is 0.248 e. The zero-order valence-corrected chi connectivity index (χ0v) is 25.1. The Kier molecular flexibility index (Phi) is 9.50. The fourth-order valence-corrected chi connectivity index (χ4v) is 8.21. The summed E-state index contributed by atoms with van der Waals surface area (Å²) in [6.45, 7) is 16.9. The van der Waals surface area contributed by atoms with Crippen LogP contribution in [0.2, 0.25) is 0 Å². The molecular weight excluding hydrogens is 506 g/mol. The van der Waals surface area contributed by atoms with E-state index in [0.29, 0.717) is 32.5 Å². The second-order valence-electron chi connectivity index (χ2n) is 12.8. The molecule has 4 rings (SSSR count). The van der Waals surface area contributed by atoms with Crippen LogP contribution >= 0.6 is 0 Å². The second-order valence-corrected chi connectivity index (χ2v) is 12.8. The van der Waals surface area contributed by atoms with Crippen LogP contribution in [0.3, 0.4) is 0 Å². The number of hydrogen-bond donors (Lipinski definition) is 1. The molecule has 3 heterocycles. The molecule has 7 atom stereocenters. The molecule has 2 unspecified atom stereocenters. The number of likely N-dealkylation sites (tertiary alicyclic amines) is 1. The Balaban J connectivity index is 1.82. The van der Waals surface area contributed by atoms with E-state index in [2.05, 4.69) is 13.2 Å². The van der Waals surface area contributed by atoms with Crippen LogP contribution in [0, 0.1) is 17.8 Å². The minimum Gasteiger partial charge on any atom is -0.394 e. The van der Waals surface area contributed by atoms with Gasteiger partial charge < -0.3 is 24.5 Å². The van der Waals surface area contributed by atoms with Crippen molar-refractivity contribution < 1.29 is 24.2 Å². The van der Waals surface area contributed by atoms with Gasteiger partial charge in [-0.15, -0.1) is 13.2 Å². The van der Waals surface area contributed by atoms with Gasteiger partial charge in [0.15, 0.2) is 0 Å². The Morgan fingerprint density at radius 2 is 1.80 bits per heavy atom. The van der Waals surface area contributed by atoms with Crippen molar-refractivity contribution in [1.29, 1.82) is 0 Å². The topological polar surface area (TPSA) is 90.4 Å². The molecule has 3 saturated heterocycles. The number of ether oxygens (including phenoxy) is 1. The van der Waals surface area contributed by atoms with Gasteiger partial charge in [-0.05, 0) is 44.9 Å². The number of rotatable bonds is 13. The van der Waals surface area contributed by atoms with Crippen LogP contribution in [0.1, 0.15) is 85.5 Å². The van der Waals surface area contributed by atoms with E-state index in [1.165, 1.54) is 0 Å². The highest BCUT2D eigenvalue weighted by Gasteiger charge is 2.79. The van der Waals surface area contributed by atoms with Crippen LogP contribution in [0.4, 0.5) is 0 Å². The number of carbonyl (C=O) groups is 3. The largest absolute Gasteiger partial charge is 0.394 e. The summed E-state index contributed by atoms with van der Waals surface area (Å²) >= 11 is 0.